The van der Waals surface area contributed by atoms with Crippen LogP contribution in [0, 0.1) is 0 Å². The van der Waals surface area contributed by atoms with Gasteiger partial charge in [-0.25, -0.2) is 14.4 Å². The summed E-state index contributed by atoms with van der Waals surface area (Å²) >= 11 is 1.44. The van der Waals surface area contributed by atoms with Gasteiger partial charge in [0.05, 0.1) is 24.9 Å². The number of fused-ring (bicyclic) bond motifs is 1. The second kappa shape index (κ2) is 12.6. The molecular formula is C25H40N2O9S2. The van der Waals surface area contributed by atoms with Gasteiger partial charge in [-0.1, -0.05) is 0 Å². The molecule has 13 heteroatoms. The minimum absolute atomic E-state index is 0.00902. The Morgan fingerprint density at radius 2 is 1.74 bits per heavy atom. The Bertz CT molecular complexity index is 1090. The zero-order chi connectivity index (χ0) is 28.9. The van der Waals surface area contributed by atoms with Crippen LogP contribution in [0.25, 0.3) is 0 Å². The lowest BCUT2D eigenvalue weighted by molar-refractivity contribution is -0.152. The van der Waals surface area contributed by atoms with E-state index in [0.717, 1.165) is 10.4 Å². The molecule has 0 aliphatic carbocycles. The van der Waals surface area contributed by atoms with Crippen molar-refractivity contribution >= 4 is 39.6 Å². The molecule has 1 aromatic heterocycles. The summed E-state index contributed by atoms with van der Waals surface area (Å²) in [6.45, 7) is 13.1. The zero-order valence-corrected chi connectivity index (χ0v) is 25.1. The molecule has 38 heavy (non-hydrogen) atoms. The van der Waals surface area contributed by atoms with Crippen LogP contribution < -0.4 is 0 Å². The van der Waals surface area contributed by atoms with Crippen LogP contribution in [-0.4, -0.2) is 85.7 Å². The molecule has 11 nitrogen and oxygen atoms in total. The largest absolute Gasteiger partial charge is 0.464 e. The fourth-order valence-electron chi connectivity index (χ4n) is 3.69. The number of hydrogen-bond acceptors (Lipinski definition) is 10. The number of esters is 1. The first kappa shape index (κ1) is 31.8. The molecule has 0 aromatic carbocycles. The number of amides is 2. The Morgan fingerprint density at radius 1 is 1.11 bits per heavy atom. The smallest absolute Gasteiger partial charge is 0.410 e. The lowest BCUT2D eigenvalue weighted by Crippen LogP contribution is -2.51. The van der Waals surface area contributed by atoms with Gasteiger partial charge in [-0.05, 0) is 78.8 Å². The van der Waals surface area contributed by atoms with E-state index in [4.69, 9.17) is 18.4 Å². The Hall–Kier alpha value is -2.38. The van der Waals surface area contributed by atoms with Crippen molar-refractivity contribution in [1.29, 1.82) is 0 Å². The fourth-order valence-corrected chi connectivity index (χ4v) is 5.38. The summed E-state index contributed by atoms with van der Waals surface area (Å²) in [5.41, 5.74) is -0.577. The highest BCUT2D eigenvalue weighted by molar-refractivity contribution is 7.86. The van der Waals surface area contributed by atoms with Crippen molar-refractivity contribution in [3.8, 4) is 0 Å². The van der Waals surface area contributed by atoms with Gasteiger partial charge in [0.2, 0.25) is 0 Å². The maximum Gasteiger partial charge on any atom is 0.410 e. The molecular weight excluding hydrogens is 536 g/mol. The van der Waals surface area contributed by atoms with Gasteiger partial charge in [0, 0.05) is 18.0 Å². The van der Waals surface area contributed by atoms with Crippen LogP contribution in [0.3, 0.4) is 0 Å². The third kappa shape index (κ3) is 9.42. The van der Waals surface area contributed by atoms with Gasteiger partial charge < -0.3 is 19.1 Å². The van der Waals surface area contributed by atoms with Crippen molar-refractivity contribution in [2.45, 2.75) is 85.2 Å². The summed E-state index contributed by atoms with van der Waals surface area (Å²) in [6.07, 6.45) is -2.34. The highest BCUT2D eigenvalue weighted by atomic mass is 32.2. The average molecular weight is 577 g/mol. The summed E-state index contributed by atoms with van der Waals surface area (Å²) in [7, 11) is -4.07. The van der Waals surface area contributed by atoms with Crippen molar-refractivity contribution in [2.75, 3.05) is 32.0 Å². The van der Waals surface area contributed by atoms with Gasteiger partial charge in [-0.15, -0.1) is 11.3 Å². The summed E-state index contributed by atoms with van der Waals surface area (Å²) in [5.74, 6) is -1.30. The molecule has 0 spiro atoms. The number of thiophene rings is 1. The molecule has 0 fully saturated rings. The predicted octanol–water partition coefficient (Wildman–Crippen LogP) is 4.12. The third-order valence-corrected chi connectivity index (χ3v) is 7.60. The molecule has 1 aliphatic rings. The van der Waals surface area contributed by atoms with Crippen molar-refractivity contribution in [2.24, 2.45) is 0 Å². The number of ether oxygens (including phenoxy) is 3. The second-order valence-electron chi connectivity index (χ2n) is 10.8. The topological polar surface area (TPSA) is 129 Å². The highest BCUT2D eigenvalue weighted by Gasteiger charge is 2.39. The molecule has 2 unspecified atom stereocenters. The Morgan fingerprint density at radius 3 is 2.29 bits per heavy atom. The van der Waals surface area contributed by atoms with E-state index < -0.39 is 58.2 Å². The van der Waals surface area contributed by atoms with Crippen molar-refractivity contribution in [3.05, 3.63) is 21.9 Å². The maximum absolute atomic E-state index is 13.4. The second-order valence-corrected chi connectivity index (χ2v) is 13.7. The van der Waals surface area contributed by atoms with E-state index in [0.29, 0.717) is 13.0 Å². The summed E-state index contributed by atoms with van der Waals surface area (Å²) < 4.78 is 45.9. The highest BCUT2D eigenvalue weighted by Crippen LogP contribution is 2.36. The zero-order valence-electron chi connectivity index (χ0n) is 23.4. The molecule has 0 radical (unpaired) electrons. The van der Waals surface area contributed by atoms with Crippen LogP contribution in [0.1, 0.15) is 71.9 Å². The van der Waals surface area contributed by atoms with Gasteiger partial charge in [0.25, 0.3) is 10.1 Å². The van der Waals surface area contributed by atoms with E-state index in [1.165, 1.54) is 23.2 Å². The van der Waals surface area contributed by atoms with E-state index in [1.54, 1.807) is 53.4 Å². The lowest BCUT2D eigenvalue weighted by atomic mass is 10.0. The summed E-state index contributed by atoms with van der Waals surface area (Å²) in [5, 5.41) is 1.91. The van der Waals surface area contributed by atoms with Crippen molar-refractivity contribution in [1.82, 2.24) is 9.80 Å². The van der Waals surface area contributed by atoms with E-state index >= 15 is 0 Å². The molecule has 2 atom stereocenters. The van der Waals surface area contributed by atoms with Crippen LogP contribution in [0.4, 0.5) is 9.59 Å². The average Bonchev–Trinajstić information content (AvgIpc) is 3.25. The fraction of sp³-hybridized carbons (Fsp3) is 0.720. The first-order valence-corrected chi connectivity index (χ1v) is 15.0. The molecule has 2 heterocycles. The van der Waals surface area contributed by atoms with E-state index in [1.807, 2.05) is 11.4 Å². The molecule has 1 aromatic rings. The molecule has 2 rings (SSSR count). The van der Waals surface area contributed by atoms with Crippen LogP contribution >= 0.6 is 11.3 Å². The monoisotopic (exact) mass is 576 g/mol. The van der Waals surface area contributed by atoms with Gasteiger partial charge in [0.15, 0.2) is 6.10 Å². The van der Waals surface area contributed by atoms with Gasteiger partial charge in [-0.2, -0.15) is 8.42 Å². The summed E-state index contributed by atoms with van der Waals surface area (Å²) in [4.78, 5) is 42.8. The quantitative estimate of drug-likeness (QED) is 0.242. The predicted molar refractivity (Wildman–Crippen MR) is 142 cm³/mol. The number of carbonyl (C=O) groups is 3. The third-order valence-electron chi connectivity index (χ3n) is 5.31. The number of rotatable bonds is 9. The molecule has 0 saturated heterocycles. The van der Waals surface area contributed by atoms with Crippen LogP contribution in [-0.2, 0) is 39.7 Å². The number of nitrogens with zero attached hydrogens (tertiary/aromatic N) is 2. The van der Waals surface area contributed by atoms with Crippen LogP contribution in [0.2, 0.25) is 0 Å². The lowest BCUT2D eigenvalue weighted by Gasteiger charge is -2.39. The van der Waals surface area contributed by atoms with Crippen molar-refractivity contribution in [3.63, 3.8) is 0 Å². The van der Waals surface area contributed by atoms with Crippen LogP contribution in [0.15, 0.2) is 11.4 Å². The van der Waals surface area contributed by atoms with Crippen LogP contribution in [0.5, 0.6) is 0 Å². The van der Waals surface area contributed by atoms with Gasteiger partial charge in [-0.3, -0.25) is 9.08 Å². The van der Waals surface area contributed by atoms with E-state index in [9.17, 15) is 22.8 Å². The molecule has 0 bridgehead atoms. The standard InChI is InChI=1S/C25H40N2O9S2/c1-9-33-21(28)19(36-38(31,32)10-2)16-26(22(29)34-24(3,4)5)15-18-20-17(12-14-37-20)11-13-27(18)23(30)35-25(6,7)8/h12,14,18-19H,9-11,13,15-16H2,1-8H3. The Balaban J connectivity index is 2.48. The minimum Gasteiger partial charge on any atom is -0.464 e. The molecule has 2 amide bonds. The minimum atomic E-state index is -4.07. The van der Waals surface area contributed by atoms with E-state index in [2.05, 4.69) is 0 Å². The first-order valence-electron chi connectivity index (χ1n) is 12.6. The van der Waals surface area contributed by atoms with Gasteiger partial charge in [0.1, 0.15) is 11.2 Å². The maximum atomic E-state index is 13.4. The molecule has 0 N–H and O–H groups in total. The normalized spacial score (nSPS) is 16.8. The number of carbonyl (C=O) groups excluding carboxylic acids is 3. The molecule has 1 aliphatic heterocycles. The number of hydrogen-bond donors (Lipinski definition) is 0. The van der Waals surface area contributed by atoms with Crippen molar-refractivity contribution < 1.29 is 41.2 Å². The molecule has 216 valence electrons. The SMILES string of the molecule is CCOC(=O)C(CN(CC1c2sccc2CCN1C(=O)OC(C)(C)C)C(=O)OC(C)(C)C)OS(=O)(=O)CC. The Labute approximate surface area is 229 Å². The van der Waals surface area contributed by atoms with E-state index in [-0.39, 0.29) is 18.9 Å². The molecule has 0 saturated carbocycles. The summed E-state index contributed by atoms with van der Waals surface area (Å²) in [6, 6.07) is 1.35. The Kier molecular flexibility index (Phi) is 10.6. The first-order chi connectivity index (χ1) is 17.5. The van der Waals surface area contributed by atoms with Gasteiger partial charge >= 0.3 is 18.2 Å².